The van der Waals surface area contributed by atoms with Crippen LogP contribution in [0.3, 0.4) is 0 Å². The van der Waals surface area contributed by atoms with E-state index in [2.05, 4.69) is 8.91 Å². The fourth-order valence-electron chi connectivity index (χ4n) is 0.374. The van der Waals surface area contributed by atoms with Crippen molar-refractivity contribution in [1.82, 2.24) is 4.72 Å². The number of hydrogen-bond donors (Lipinski definition) is 1. The summed E-state index contributed by atoms with van der Waals surface area (Å²) < 4.78 is 27.5. The normalized spacial score (nSPS) is 10.6. The predicted molar refractivity (Wildman–Crippen MR) is 41.4 cm³/mol. The molecule has 0 rings (SSSR count). The first-order valence-electron chi connectivity index (χ1n) is 2.76. The fraction of sp³-hybridized carbons (Fsp3) is 1.00. The Morgan fingerprint density at radius 2 is 1.90 bits per heavy atom. The molecule has 58 valence electrons. The van der Waals surface area contributed by atoms with Gasteiger partial charge in [0.25, 0.3) is 0 Å². The molecule has 0 aliphatic carbocycles. The van der Waals surface area contributed by atoms with Crippen LogP contribution in [0.4, 0.5) is 0 Å². The molecule has 6 heteroatoms. The fourth-order valence-corrected chi connectivity index (χ4v) is 1.12. The van der Waals surface area contributed by atoms with Gasteiger partial charge in [0.05, 0.1) is 6.61 Å². The predicted octanol–water partition coefficient (Wildman–Crippen LogP) is -0.771. The molecule has 0 saturated carbocycles. The standard InChI is InChI=1S/C4H11NO3S.K.H/c1-3-5-9(6,7)8-4-2;;/h5H,3-4H2,1-2H3;;. The van der Waals surface area contributed by atoms with Crippen LogP contribution in [0.25, 0.3) is 0 Å². The Hall–Kier alpha value is 1.51. The van der Waals surface area contributed by atoms with E-state index in [1.807, 2.05) is 0 Å². The summed E-state index contributed by atoms with van der Waals surface area (Å²) in [6, 6.07) is 0. The summed E-state index contributed by atoms with van der Waals surface area (Å²) in [5, 5.41) is 0. The van der Waals surface area contributed by atoms with Gasteiger partial charge in [0.2, 0.25) is 0 Å². The maximum absolute atomic E-state index is 10.5. The Labute approximate surface area is 104 Å². The van der Waals surface area contributed by atoms with Crippen LogP contribution in [0.1, 0.15) is 13.8 Å². The van der Waals surface area contributed by atoms with Crippen molar-refractivity contribution in [3.05, 3.63) is 0 Å². The van der Waals surface area contributed by atoms with E-state index >= 15 is 0 Å². The van der Waals surface area contributed by atoms with Gasteiger partial charge in [-0.1, -0.05) is 6.92 Å². The Kier molecular flexibility index (Phi) is 10.1. The molecule has 0 aliphatic rings. The van der Waals surface area contributed by atoms with Crippen LogP contribution in [-0.2, 0) is 14.5 Å². The van der Waals surface area contributed by atoms with E-state index in [1.165, 1.54) is 0 Å². The van der Waals surface area contributed by atoms with Gasteiger partial charge in [-0.2, -0.15) is 13.1 Å². The van der Waals surface area contributed by atoms with E-state index in [0.717, 1.165) is 0 Å². The zero-order valence-electron chi connectivity index (χ0n) is 5.55. The minimum absolute atomic E-state index is 0. The third-order valence-electron chi connectivity index (χ3n) is 0.594. The van der Waals surface area contributed by atoms with Gasteiger partial charge in [0, 0.05) is 6.54 Å². The molecular weight excluding hydrogens is 181 g/mol. The number of nitrogens with one attached hydrogen (secondary N) is 1. The molecule has 0 spiro atoms. The average molecular weight is 193 g/mol. The van der Waals surface area contributed by atoms with Gasteiger partial charge in [0.15, 0.2) is 0 Å². The topological polar surface area (TPSA) is 55.4 Å². The summed E-state index contributed by atoms with van der Waals surface area (Å²) in [5.74, 6) is 0. The molecule has 0 aromatic heterocycles. The molecule has 0 aromatic carbocycles. The zero-order chi connectivity index (χ0) is 7.33. The summed E-state index contributed by atoms with van der Waals surface area (Å²) >= 11 is 0. The Morgan fingerprint density at radius 1 is 1.40 bits per heavy atom. The van der Waals surface area contributed by atoms with Crippen molar-refractivity contribution in [2.75, 3.05) is 13.2 Å². The van der Waals surface area contributed by atoms with Crippen LogP contribution >= 0.6 is 0 Å². The van der Waals surface area contributed by atoms with Gasteiger partial charge < -0.3 is 0 Å². The van der Waals surface area contributed by atoms with E-state index in [9.17, 15) is 8.42 Å². The summed E-state index contributed by atoms with van der Waals surface area (Å²) in [6.07, 6.45) is 0. The second-order valence-corrected chi connectivity index (χ2v) is 2.79. The molecule has 0 amide bonds. The van der Waals surface area contributed by atoms with Gasteiger partial charge in [-0.15, -0.1) is 0 Å². The molecule has 0 radical (unpaired) electrons. The van der Waals surface area contributed by atoms with Crippen molar-refractivity contribution in [2.24, 2.45) is 0 Å². The summed E-state index contributed by atoms with van der Waals surface area (Å²) in [5.41, 5.74) is 0. The Morgan fingerprint density at radius 3 is 2.20 bits per heavy atom. The molecule has 0 aromatic rings. The molecule has 0 fully saturated rings. The molecule has 0 atom stereocenters. The molecule has 0 unspecified atom stereocenters. The van der Waals surface area contributed by atoms with E-state index in [4.69, 9.17) is 0 Å². The monoisotopic (exact) mass is 193 g/mol. The van der Waals surface area contributed by atoms with Gasteiger partial charge in [-0.05, 0) is 6.92 Å². The minimum atomic E-state index is -3.43. The molecular formula is C4H12KNO3S. The van der Waals surface area contributed by atoms with Gasteiger partial charge in [-0.3, -0.25) is 4.18 Å². The number of hydrogen-bond acceptors (Lipinski definition) is 3. The summed E-state index contributed by atoms with van der Waals surface area (Å²) in [6.45, 7) is 3.85. The maximum atomic E-state index is 10.5. The van der Waals surface area contributed by atoms with E-state index in [0.29, 0.717) is 6.54 Å². The van der Waals surface area contributed by atoms with E-state index < -0.39 is 10.3 Å². The quantitative estimate of drug-likeness (QED) is 0.596. The Balaban J connectivity index is 0. The van der Waals surface area contributed by atoms with Crippen molar-refractivity contribution >= 4 is 61.7 Å². The Bertz CT molecular complexity index is 144. The van der Waals surface area contributed by atoms with E-state index in [1.54, 1.807) is 13.8 Å². The van der Waals surface area contributed by atoms with Crippen molar-refractivity contribution < 1.29 is 12.6 Å². The first-order chi connectivity index (χ1) is 4.12. The zero-order valence-corrected chi connectivity index (χ0v) is 6.36. The van der Waals surface area contributed by atoms with Gasteiger partial charge in [-0.25, -0.2) is 0 Å². The van der Waals surface area contributed by atoms with Gasteiger partial charge >= 0.3 is 61.7 Å². The summed E-state index contributed by atoms with van der Waals surface area (Å²) in [7, 11) is -3.43. The molecule has 1 N–H and O–H groups in total. The van der Waals surface area contributed by atoms with Crippen molar-refractivity contribution in [3.8, 4) is 0 Å². The molecule has 0 bridgehead atoms. The van der Waals surface area contributed by atoms with Crippen molar-refractivity contribution in [2.45, 2.75) is 13.8 Å². The van der Waals surface area contributed by atoms with Gasteiger partial charge in [0.1, 0.15) is 0 Å². The van der Waals surface area contributed by atoms with E-state index in [-0.39, 0.29) is 58.0 Å². The first-order valence-corrected chi connectivity index (χ1v) is 4.17. The second-order valence-electron chi connectivity index (χ2n) is 1.36. The summed E-state index contributed by atoms with van der Waals surface area (Å²) in [4.78, 5) is 0. The van der Waals surface area contributed by atoms with Crippen LogP contribution in [0.15, 0.2) is 0 Å². The van der Waals surface area contributed by atoms with Crippen molar-refractivity contribution in [3.63, 3.8) is 0 Å². The average Bonchev–Trinajstić information content (AvgIpc) is 1.64. The van der Waals surface area contributed by atoms with Crippen LogP contribution in [0.2, 0.25) is 0 Å². The van der Waals surface area contributed by atoms with Crippen LogP contribution < -0.4 is 4.72 Å². The third-order valence-corrected chi connectivity index (χ3v) is 1.78. The first kappa shape index (κ1) is 14.1. The van der Waals surface area contributed by atoms with Crippen LogP contribution in [0, 0.1) is 0 Å². The SMILES string of the molecule is CCNS(=O)(=O)OCC.[KH]. The second kappa shape index (κ2) is 7.17. The molecule has 10 heavy (non-hydrogen) atoms. The number of rotatable bonds is 4. The van der Waals surface area contributed by atoms with Crippen LogP contribution in [-0.4, -0.2) is 73.0 Å². The van der Waals surface area contributed by atoms with Crippen LogP contribution in [0.5, 0.6) is 0 Å². The molecule has 0 saturated heterocycles. The molecule has 0 aliphatic heterocycles. The molecule has 4 nitrogen and oxygen atoms in total. The van der Waals surface area contributed by atoms with Crippen molar-refractivity contribution in [1.29, 1.82) is 0 Å². The molecule has 0 heterocycles. The third kappa shape index (κ3) is 7.61.